The Balaban J connectivity index is 1.48. The maximum Gasteiger partial charge on any atom is 0.321 e. The standard InChI is InChI=1S/C33H29N3O4/c1-2-39-32(38)29-30(24-14-11-17-26(22-24)40-25-15-7-4-8-16-25)36-28-19-10-9-18-27(28)34-33(36)35(31(29)37)21-20-23-12-5-3-6-13-23/h3-19,22,29-30H,2,20-21H2,1H3/t29-,30+/m1/s1. The molecule has 0 aliphatic carbocycles. The number of carbonyl (C=O) groups excluding carboxylic acids is 2. The van der Waals surface area contributed by atoms with E-state index >= 15 is 0 Å². The van der Waals surface area contributed by atoms with E-state index in [-0.39, 0.29) is 12.5 Å². The summed E-state index contributed by atoms with van der Waals surface area (Å²) in [5.41, 5.74) is 3.44. The third kappa shape index (κ3) is 4.82. The van der Waals surface area contributed by atoms with Crippen LogP contribution < -0.4 is 9.64 Å². The molecule has 0 fully saturated rings. The fourth-order valence-corrected chi connectivity index (χ4v) is 5.33. The predicted molar refractivity (Wildman–Crippen MR) is 153 cm³/mol. The van der Waals surface area contributed by atoms with Gasteiger partial charge in [-0.25, -0.2) is 4.98 Å². The van der Waals surface area contributed by atoms with E-state index in [4.69, 9.17) is 14.5 Å². The Morgan fingerprint density at radius 3 is 2.33 bits per heavy atom. The van der Waals surface area contributed by atoms with Crippen LogP contribution in [0, 0.1) is 5.92 Å². The van der Waals surface area contributed by atoms with Gasteiger partial charge in [0, 0.05) is 6.54 Å². The van der Waals surface area contributed by atoms with Gasteiger partial charge in [0.25, 0.3) is 0 Å². The van der Waals surface area contributed by atoms with E-state index in [1.807, 2.05) is 114 Å². The largest absolute Gasteiger partial charge is 0.465 e. The number of rotatable bonds is 8. The van der Waals surface area contributed by atoms with Crippen LogP contribution in [0.3, 0.4) is 0 Å². The second-order valence-electron chi connectivity index (χ2n) is 9.66. The zero-order valence-corrected chi connectivity index (χ0v) is 22.1. The highest BCUT2D eigenvalue weighted by Gasteiger charge is 2.47. The van der Waals surface area contributed by atoms with Gasteiger partial charge in [0.15, 0.2) is 5.92 Å². The van der Waals surface area contributed by atoms with Crippen molar-refractivity contribution in [2.24, 2.45) is 5.92 Å². The van der Waals surface area contributed by atoms with E-state index in [9.17, 15) is 9.59 Å². The molecule has 4 aromatic carbocycles. The van der Waals surface area contributed by atoms with E-state index < -0.39 is 17.9 Å². The summed E-state index contributed by atoms with van der Waals surface area (Å²) in [6.07, 6.45) is 0.621. The third-order valence-electron chi connectivity index (χ3n) is 7.13. The lowest BCUT2D eigenvalue weighted by Crippen LogP contribution is -2.50. The van der Waals surface area contributed by atoms with Gasteiger partial charge in [-0.15, -0.1) is 0 Å². The van der Waals surface area contributed by atoms with Gasteiger partial charge in [-0.3, -0.25) is 14.5 Å². The van der Waals surface area contributed by atoms with Crippen LogP contribution in [-0.4, -0.2) is 34.6 Å². The predicted octanol–water partition coefficient (Wildman–Crippen LogP) is 6.19. The lowest BCUT2D eigenvalue weighted by atomic mass is 9.89. The first kappa shape index (κ1) is 25.4. The number of ether oxygens (including phenoxy) is 2. The van der Waals surface area contributed by atoms with Crippen molar-refractivity contribution in [3.8, 4) is 11.5 Å². The van der Waals surface area contributed by atoms with Crippen molar-refractivity contribution in [3.05, 3.63) is 120 Å². The maximum absolute atomic E-state index is 14.2. The maximum atomic E-state index is 14.2. The number of imidazole rings is 1. The molecule has 0 saturated carbocycles. The molecule has 1 aliphatic heterocycles. The van der Waals surface area contributed by atoms with Crippen molar-refractivity contribution in [2.75, 3.05) is 18.1 Å². The number of anilines is 1. The molecule has 0 unspecified atom stereocenters. The Morgan fingerprint density at radius 1 is 0.850 bits per heavy atom. The quantitative estimate of drug-likeness (QED) is 0.176. The summed E-state index contributed by atoms with van der Waals surface area (Å²) in [6.45, 7) is 2.31. The first-order valence-electron chi connectivity index (χ1n) is 13.5. The lowest BCUT2D eigenvalue weighted by Gasteiger charge is -2.38. The zero-order chi connectivity index (χ0) is 27.5. The number of carbonyl (C=O) groups is 2. The molecule has 7 nitrogen and oxygen atoms in total. The molecular weight excluding hydrogens is 502 g/mol. The molecule has 0 radical (unpaired) electrons. The topological polar surface area (TPSA) is 73.7 Å². The molecule has 7 heteroatoms. The molecule has 1 aromatic heterocycles. The van der Waals surface area contributed by atoms with Crippen LogP contribution >= 0.6 is 0 Å². The van der Waals surface area contributed by atoms with Gasteiger partial charge in [0.1, 0.15) is 11.5 Å². The smallest absolute Gasteiger partial charge is 0.321 e. The Kier molecular flexibility index (Phi) is 7.02. The van der Waals surface area contributed by atoms with Crippen molar-refractivity contribution in [1.29, 1.82) is 0 Å². The molecule has 5 aromatic rings. The third-order valence-corrected chi connectivity index (χ3v) is 7.13. The summed E-state index contributed by atoms with van der Waals surface area (Å²) >= 11 is 0. The second-order valence-corrected chi connectivity index (χ2v) is 9.66. The summed E-state index contributed by atoms with van der Waals surface area (Å²) in [6, 6.07) is 34.1. The van der Waals surface area contributed by atoms with Gasteiger partial charge in [0.05, 0.1) is 23.7 Å². The van der Waals surface area contributed by atoms with Crippen LogP contribution in [0.2, 0.25) is 0 Å². The van der Waals surface area contributed by atoms with Crippen molar-refractivity contribution in [2.45, 2.75) is 19.4 Å². The molecular formula is C33H29N3O4. The van der Waals surface area contributed by atoms with Gasteiger partial charge >= 0.3 is 5.97 Å². The SMILES string of the molecule is CCOC(=O)[C@H]1C(=O)N(CCc2ccccc2)c2nc3ccccc3n2[C@H]1c1cccc(Oc2ccccc2)c1. The highest BCUT2D eigenvalue weighted by atomic mass is 16.5. The number of hydrogen-bond donors (Lipinski definition) is 0. The monoisotopic (exact) mass is 531 g/mol. The number of amides is 1. The average Bonchev–Trinajstić information content (AvgIpc) is 3.36. The van der Waals surface area contributed by atoms with Crippen LogP contribution in [-0.2, 0) is 20.7 Å². The number of para-hydroxylation sites is 3. The van der Waals surface area contributed by atoms with Gasteiger partial charge in [-0.2, -0.15) is 0 Å². The molecule has 40 heavy (non-hydrogen) atoms. The summed E-state index contributed by atoms with van der Waals surface area (Å²) < 4.78 is 13.6. The molecule has 0 saturated heterocycles. The van der Waals surface area contributed by atoms with E-state index in [0.29, 0.717) is 30.4 Å². The Morgan fingerprint density at radius 2 is 1.55 bits per heavy atom. The molecule has 0 spiro atoms. The number of benzene rings is 4. The Hall–Kier alpha value is -4.91. The number of hydrogen-bond acceptors (Lipinski definition) is 5. The number of fused-ring (bicyclic) bond motifs is 3. The van der Waals surface area contributed by atoms with E-state index in [1.54, 1.807) is 11.8 Å². The van der Waals surface area contributed by atoms with Gasteiger partial charge in [-0.1, -0.05) is 72.8 Å². The lowest BCUT2D eigenvalue weighted by molar-refractivity contribution is -0.153. The normalized spacial score (nSPS) is 16.5. The summed E-state index contributed by atoms with van der Waals surface area (Å²) in [4.78, 5) is 34.2. The fourth-order valence-electron chi connectivity index (χ4n) is 5.33. The van der Waals surface area contributed by atoms with Crippen molar-refractivity contribution in [3.63, 3.8) is 0 Å². The van der Waals surface area contributed by atoms with Crippen LogP contribution in [0.5, 0.6) is 11.5 Å². The second kappa shape index (κ2) is 11.1. The van der Waals surface area contributed by atoms with Crippen LogP contribution in [0.4, 0.5) is 5.95 Å². The number of nitrogens with zero attached hydrogens (tertiary/aromatic N) is 3. The molecule has 0 bridgehead atoms. The van der Waals surface area contributed by atoms with Crippen LogP contribution in [0.15, 0.2) is 109 Å². The minimum absolute atomic E-state index is 0.175. The summed E-state index contributed by atoms with van der Waals surface area (Å²) in [5.74, 6) is -0.148. The Bertz CT molecular complexity index is 1650. The Labute approximate surface area is 232 Å². The summed E-state index contributed by atoms with van der Waals surface area (Å²) in [5, 5.41) is 0. The minimum Gasteiger partial charge on any atom is -0.465 e. The van der Waals surface area contributed by atoms with E-state index in [1.165, 1.54) is 0 Å². The highest BCUT2D eigenvalue weighted by molar-refractivity contribution is 6.08. The fraction of sp³-hybridized carbons (Fsp3) is 0.182. The number of esters is 1. The van der Waals surface area contributed by atoms with Gasteiger partial charge in [-0.05, 0) is 60.9 Å². The highest BCUT2D eigenvalue weighted by Crippen LogP contribution is 2.42. The molecule has 2 heterocycles. The van der Waals surface area contributed by atoms with Crippen molar-refractivity contribution >= 4 is 28.9 Å². The molecule has 1 aliphatic rings. The van der Waals surface area contributed by atoms with E-state index in [2.05, 4.69) is 0 Å². The minimum atomic E-state index is -1.09. The van der Waals surface area contributed by atoms with Crippen molar-refractivity contribution in [1.82, 2.24) is 9.55 Å². The molecule has 1 amide bonds. The molecule has 2 atom stereocenters. The first-order chi connectivity index (χ1) is 19.6. The van der Waals surface area contributed by atoms with Gasteiger partial charge in [0.2, 0.25) is 11.9 Å². The molecule has 200 valence electrons. The van der Waals surface area contributed by atoms with E-state index in [0.717, 1.165) is 22.2 Å². The zero-order valence-electron chi connectivity index (χ0n) is 22.1. The molecule has 0 N–H and O–H groups in total. The first-order valence-corrected chi connectivity index (χ1v) is 13.5. The molecule has 6 rings (SSSR count). The number of aromatic nitrogens is 2. The van der Waals surface area contributed by atoms with Crippen LogP contribution in [0.25, 0.3) is 11.0 Å². The van der Waals surface area contributed by atoms with Crippen LogP contribution in [0.1, 0.15) is 24.1 Å². The van der Waals surface area contributed by atoms with Gasteiger partial charge < -0.3 is 14.0 Å². The average molecular weight is 532 g/mol. The summed E-state index contributed by atoms with van der Waals surface area (Å²) in [7, 11) is 0. The van der Waals surface area contributed by atoms with Crippen molar-refractivity contribution < 1.29 is 19.1 Å².